The number of hydrogen-bond donors (Lipinski definition) is 1. The second-order valence-electron chi connectivity index (χ2n) is 4.67. The van der Waals surface area contributed by atoms with E-state index in [-0.39, 0.29) is 18.3 Å². The first kappa shape index (κ1) is 17.2. The summed E-state index contributed by atoms with van der Waals surface area (Å²) in [6.07, 6.45) is 0. The van der Waals surface area contributed by atoms with Gasteiger partial charge in [0.25, 0.3) is 5.91 Å². The topological polar surface area (TPSA) is 47.6 Å². The molecule has 0 heterocycles. The zero-order valence-electron chi connectivity index (χ0n) is 12.2. The summed E-state index contributed by atoms with van der Waals surface area (Å²) in [4.78, 5) is 11.8. The maximum Gasteiger partial charge on any atom is 0.387 e. The van der Waals surface area contributed by atoms with Crippen LogP contribution in [0.1, 0.15) is 5.56 Å². The number of halogens is 3. The number of rotatable bonds is 6. The lowest BCUT2D eigenvalue weighted by Gasteiger charge is -2.10. The zero-order valence-corrected chi connectivity index (χ0v) is 13.8. The highest BCUT2D eigenvalue weighted by Gasteiger charge is 2.08. The van der Waals surface area contributed by atoms with Crippen LogP contribution in [0.15, 0.2) is 46.9 Å². The molecule has 7 heteroatoms. The van der Waals surface area contributed by atoms with Gasteiger partial charge in [-0.15, -0.1) is 0 Å². The van der Waals surface area contributed by atoms with Crippen molar-refractivity contribution in [1.29, 1.82) is 0 Å². The average molecular weight is 386 g/mol. The molecule has 0 aliphatic heterocycles. The molecule has 2 aromatic carbocycles. The van der Waals surface area contributed by atoms with Gasteiger partial charge >= 0.3 is 6.61 Å². The fraction of sp³-hybridized carbons (Fsp3) is 0.188. The van der Waals surface area contributed by atoms with Crippen LogP contribution in [0, 0.1) is 6.92 Å². The summed E-state index contributed by atoms with van der Waals surface area (Å²) in [7, 11) is 0. The van der Waals surface area contributed by atoms with Gasteiger partial charge in [0.1, 0.15) is 11.5 Å². The van der Waals surface area contributed by atoms with E-state index in [9.17, 15) is 13.6 Å². The second-order valence-corrected chi connectivity index (χ2v) is 5.53. The first-order valence-electron chi connectivity index (χ1n) is 6.68. The van der Waals surface area contributed by atoms with E-state index < -0.39 is 6.61 Å². The summed E-state index contributed by atoms with van der Waals surface area (Å²) in [5.74, 6) is 0.226. The predicted octanol–water partition coefficient (Wildman–Crippen LogP) is 4.38. The van der Waals surface area contributed by atoms with Crippen molar-refractivity contribution in [3.05, 3.63) is 52.5 Å². The molecule has 2 aromatic rings. The lowest BCUT2D eigenvalue weighted by molar-refractivity contribution is -0.118. The molecule has 0 atom stereocenters. The van der Waals surface area contributed by atoms with Crippen molar-refractivity contribution < 1.29 is 23.0 Å². The Morgan fingerprint density at radius 1 is 1.22 bits per heavy atom. The maximum atomic E-state index is 12.0. The molecule has 1 amide bonds. The average Bonchev–Trinajstić information content (AvgIpc) is 2.48. The number of aryl methyl sites for hydroxylation is 1. The van der Waals surface area contributed by atoms with E-state index in [0.29, 0.717) is 11.4 Å². The minimum atomic E-state index is -2.88. The van der Waals surface area contributed by atoms with Gasteiger partial charge in [-0.3, -0.25) is 4.79 Å². The van der Waals surface area contributed by atoms with Gasteiger partial charge in [-0.2, -0.15) is 8.78 Å². The normalized spacial score (nSPS) is 10.5. The van der Waals surface area contributed by atoms with Gasteiger partial charge in [0.2, 0.25) is 0 Å². The molecule has 0 saturated carbocycles. The number of amides is 1. The van der Waals surface area contributed by atoms with Crippen molar-refractivity contribution in [3.63, 3.8) is 0 Å². The van der Waals surface area contributed by atoms with Crippen LogP contribution in [0.2, 0.25) is 0 Å². The van der Waals surface area contributed by atoms with Crippen LogP contribution in [0.3, 0.4) is 0 Å². The highest BCUT2D eigenvalue weighted by atomic mass is 79.9. The molecule has 23 heavy (non-hydrogen) atoms. The maximum absolute atomic E-state index is 12.0. The third-order valence-electron chi connectivity index (χ3n) is 2.81. The van der Waals surface area contributed by atoms with Gasteiger partial charge in [0.15, 0.2) is 6.61 Å². The molecule has 1 N–H and O–H groups in total. The summed E-state index contributed by atoms with van der Waals surface area (Å²) in [5, 5.41) is 2.60. The third kappa shape index (κ3) is 5.52. The van der Waals surface area contributed by atoms with Crippen molar-refractivity contribution in [2.24, 2.45) is 0 Å². The minimum Gasteiger partial charge on any atom is -0.483 e. The van der Waals surface area contributed by atoms with Crippen molar-refractivity contribution in [3.8, 4) is 11.5 Å². The molecule has 0 aliphatic carbocycles. The van der Waals surface area contributed by atoms with Crippen LogP contribution in [0.25, 0.3) is 0 Å². The standard InChI is InChI=1S/C16H14BrF2NO3/c1-10-2-7-14(13(17)8-10)22-9-15(21)20-11-3-5-12(6-4-11)23-16(18)19/h2-8,16H,9H2,1H3,(H,20,21). The predicted molar refractivity (Wildman–Crippen MR) is 86.1 cm³/mol. The van der Waals surface area contributed by atoms with E-state index in [1.807, 2.05) is 19.1 Å². The minimum absolute atomic E-state index is 0.0258. The molecule has 0 bridgehead atoms. The van der Waals surface area contributed by atoms with Gasteiger partial charge < -0.3 is 14.8 Å². The quantitative estimate of drug-likeness (QED) is 0.802. The molecule has 2 rings (SSSR count). The van der Waals surface area contributed by atoms with Gasteiger partial charge in [-0.25, -0.2) is 0 Å². The van der Waals surface area contributed by atoms with Crippen LogP contribution in [0.5, 0.6) is 11.5 Å². The monoisotopic (exact) mass is 385 g/mol. The number of alkyl halides is 2. The molecule has 0 radical (unpaired) electrons. The second kappa shape index (κ2) is 7.92. The first-order chi connectivity index (χ1) is 10.9. The number of carbonyl (C=O) groups excluding carboxylic acids is 1. The summed E-state index contributed by atoms with van der Waals surface area (Å²) in [6.45, 7) is -1.10. The lowest BCUT2D eigenvalue weighted by atomic mass is 10.2. The van der Waals surface area contributed by atoms with Gasteiger partial charge in [0.05, 0.1) is 4.47 Å². The van der Waals surface area contributed by atoms with E-state index in [1.165, 1.54) is 24.3 Å². The molecule has 0 spiro atoms. The molecular weight excluding hydrogens is 372 g/mol. The highest BCUT2D eigenvalue weighted by Crippen LogP contribution is 2.25. The number of nitrogens with one attached hydrogen (secondary N) is 1. The van der Waals surface area contributed by atoms with E-state index in [2.05, 4.69) is 26.0 Å². The molecule has 0 unspecified atom stereocenters. The Labute approximate surface area is 140 Å². The van der Waals surface area contributed by atoms with Crippen molar-refractivity contribution in [2.45, 2.75) is 13.5 Å². The van der Waals surface area contributed by atoms with E-state index in [4.69, 9.17) is 4.74 Å². The first-order valence-corrected chi connectivity index (χ1v) is 7.47. The molecule has 0 aromatic heterocycles. The molecular formula is C16H14BrF2NO3. The van der Waals surface area contributed by atoms with Crippen LogP contribution >= 0.6 is 15.9 Å². The van der Waals surface area contributed by atoms with Crippen LogP contribution in [-0.4, -0.2) is 19.1 Å². The Balaban J connectivity index is 1.87. The summed E-state index contributed by atoms with van der Waals surface area (Å²) < 4.78 is 34.5. The van der Waals surface area contributed by atoms with Gasteiger partial charge in [-0.1, -0.05) is 6.07 Å². The third-order valence-corrected chi connectivity index (χ3v) is 3.43. The van der Waals surface area contributed by atoms with Crippen molar-refractivity contribution in [1.82, 2.24) is 0 Å². The van der Waals surface area contributed by atoms with Crippen LogP contribution < -0.4 is 14.8 Å². The Kier molecular flexibility index (Phi) is 5.92. The molecule has 122 valence electrons. The van der Waals surface area contributed by atoms with Crippen LogP contribution in [-0.2, 0) is 4.79 Å². The fourth-order valence-electron chi connectivity index (χ4n) is 1.78. The molecule has 0 fully saturated rings. The Morgan fingerprint density at radius 3 is 2.52 bits per heavy atom. The smallest absolute Gasteiger partial charge is 0.387 e. The number of ether oxygens (including phenoxy) is 2. The summed E-state index contributed by atoms with van der Waals surface area (Å²) >= 11 is 3.36. The Morgan fingerprint density at radius 2 is 1.91 bits per heavy atom. The van der Waals surface area contributed by atoms with Crippen molar-refractivity contribution >= 4 is 27.5 Å². The van der Waals surface area contributed by atoms with E-state index >= 15 is 0 Å². The van der Waals surface area contributed by atoms with E-state index in [0.717, 1.165) is 10.0 Å². The number of anilines is 1. The van der Waals surface area contributed by atoms with E-state index in [1.54, 1.807) is 6.07 Å². The van der Waals surface area contributed by atoms with Crippen molar-refractivity contribution in [2.75, 3.05) is 11.9 Å². The number of hydrogen-bond acceptors (Lipinski definition) is 3. The number of benzene rings is 2. The summed E-state index contributed by atoms with van der Waals surface area (Å²) in [5.41, 5.74) is 1.53. The Bertz CT molecular complexity index is 678. The van der Waals surface area contributed by atoms with Crippen LogP contribution in [0.4, 0.5) is 14.5 Å². The largest absolute Gasteiger partial charge is 0.483 e. The summed E-state index contributed by atoms with van der Waals surface area (Å²) in [6, 6.07) is 11.2. The van der Waals surface area contributed by atoms with Gasteiger partial charge in [0, 0.05) is 5.69 Å². The van der Waals surface area contributed by atoms with Gasteiger partial charge in [-0.05, 0) is 64.8 Å². The SMILES string of the molecule is Cc1ccc(OCC(=O)Nc2ccc(OC(F)F)cc2)c(Br)c1. The molecule has 0 saturated heterocycles. The highest BCUT2D eigenvalue weighted by molar-refractivity contribution is 9.10. The fourth-order valence-corrected chi connectivity index (χ4v) is 2.39. The molecule has 0 aliphatic rings. The zero-order chi connectivity index (χ0) is 16.8. The lowest BCUT2D eigenvalue weighted by Crippen LogP contribution is -2.20. The molecule has 4 nitrogen and oxygen atoms in total. The number of carbonyl (C=O) groups is 1. The Hall–Kier alpha value is -2.15.